The van der Waals surface area contributed by atoms with Gasteiger partial charge in [-0.1, -0.05) is 0 Å². The first-order valence-electron chi connectivity index (χ1n) is 7.02. The van der Waals surface area contributed by atoms with Crippen molar-refractivity contribution in [3.63, 3.8) is 0 Å². The van der Waals surface area contributed by atoms with Crippen molar-refractivity contribution < 1.29 is 13.2 Å². The molecule has 0 aliphatic carbocycles. The molecule has 2 heterocycles. The van der Waals surface area contributed by atoms with Gasteiger partial charge >= 0.3 is 0 Å². The van der Waals surface area contributed by atoms with Gasteiger partial charge in [-0.2, -0.15) is 0 Å². The first-order valence-corrected chi connectivity index (χ1v) is 9.39. The molecule has 2 rings (SSSR count). The minimum absolute atomic E-state index is 0.151. The molecule has 1 aromatic heterocycles. The predicted octanol–water partition coefficient (Wildman–Crippen LogP) is 0.630. The molecular weight excluding hydrogens is 324 g/mol. The Kier molecular flexibility index (Phi) is 5.43. The molecule has 22 heavy (non-hydrogen) atoms. The van der Waals surface area contributed by atoms with E-state index in [0.717, 1.165) is 35.7 Å². The van der Waals surface area contributed by atoms with E-state index in [1.165, 1.54) is 6.07 Å². The van der Waals surface area contributed by atoms with Gasteiger partial charge in [-0.05, 0) is 31.9 Å². The summed E-state index contributed by atoms with van der Waals surface area (Å²) in [5.74, 6) is 0.655. The Morgan fingerprint density at radius 1 is 1.50 bits per heavy atom. The van der Waals surface area contributed by atoms with Gasteiger partial charge in [0, 0.05) is 25.1 Å². The van der Waals surface area contributed by atoms with Crippen LogP contribution in [0.1, 0.15) is 24.6 Å². The van der Waals surface area contributed by atoms with Crippen molar-refractivity contribution in [3.05, 3.63) is 17.0 Å². The summed E-state index contributed by atoms with van der Waals surface area (Å²) < 4.78 is 28.4. The summed E-state index contributed by atoms with van der Waals surface area (Å²) in [6.45, 7) is 4.05. The predicted molar refractivity (Wildman–Crippen MR) is 87.5 cm³/mol. The maximum atomic E-state index is 11.2. The lowest BCUT2D eigenvalue weighted by Gasteiger charge is -2.24. The second kappa shape index (κ2) is 6.95. The van der Waals surface area contributed by atoms with Gasteiger partial charge in [0.15, 0.2) is 5.96 Å². The fourth-order valence-corrected chi connectivity index (χ4v) is 3.96. The average Bonchev–Trinajstić information content (AvgIpc) is 3.08. The van der Waals surface area contributed by atoms with E-state index in [0.29, 0.717) is 19.0 Å². The standard InChI is InChI=1S/C13H22N4O3S2/c1-13(6-3-7-20-13)9-17-12(15-2)16-8-10-4-5-11(21-10)22(14,18)19/h4-5H,3,6-9H2,1-2H3,(H2,14,18,19)(H2,15,16,17). The van der Waals surface area contributed by atoms with Crippen LogP contribution in [0.3, 0.4) is 0 Å². The lowest BCUT2D eigenvalue weighted by Crippen LogP contribution is -2.45. The van der Waals surface area contributed by atoms with E-state index in [-0.39, 0.29) is 9.81 Å². The number of aliphatic imine (C=N–C) groups is 1. The van der Waals surface area contributed by atoms with Crippen molar-refractivity contribution in [1.29, 1.82) is 0 Å². The Balaban J connectivity index is 1.85. The third-order valence-electron chi connectivity index (χ3n) is 3.50. The molecule has 0 bridgehead atoms. The molecule has 0 amide bonds. The van der Waals surface area contributed by atoms with Crippen molar-refractivity contribution in [2.45, 2.75) is 36.1 Å². The van der Waals surface area contributed by atoms with E-state index in [9.17, 15) is 8.42 Å². The first-order chi connectivity index (χ1) is 10.3. The summed E-state index contributed by atoms with van der Waals surface area (Å²) in [7, 11) is -1.94. The number of nitrogens with two attached hydrogens (primary N) is 1. The van der Waals surface area contributed by atoms with Crippen LogP contribution in [-0.2, 0) is 21.3 Å². The van der Waals surface area contributed by atoms with Crippen molar-refractivity contribution in [1.82, 2.24) is 10.6 Å². The maximum absolute atomic E-state index is 11.2. The van der Waals surface area contributed by atoms with Crippen LogP contribution < -0.4 is 15.8 Å². The van der Waals surface area contributed by atoms with Crippen molar-refractivity contribution in [2.75, 3.05) is 20.2 Å². The molecule has 7 nitrogen and oxygen atoms in total. The average molecular weight is 346 g/mol. The molecule has 9 heteroatoms. The minimum Gasteiger partial charge on any atom is -0.373 e. The summed E-state index contributed by atoms with van der Waals surface area (Å²) in [4.78, 5) is 5.02. The molecule has 1 aromatic rings. The van der Waals surface area contributed by atoms with Gasteiger partial charge in [0.05, 0.1) is 12.1 Å². The van der Waals surface area contributed by atoms with E-state index in [2.05, 4.69) is 22.5 Å². The molecule has 1 unspecified atom stereocenters. The van der Waals surface area contributed by atoms with E-state index in [1.54, 1.807) is 13.1 Å². The van der Waals surface area contributed by atoms with Gasteiger partial charge < -0.3 is 15.4 Å². The number of hydrogen-bond donors (Lipinski definition) is 3. The van der Waals surface area contributed by atoms with Crippen LogP contribution in [0.25, 0.3) is 0 Å². The second-order valence-electron chi connectivity index (χ2n) is 5.45. The maximum Gasteiger partial charge on any atom is 0.247 e. The summed E-state index contributed by atoms with van der Waals surface area (Å²) >= 11 is 1.15. The molecular formula is C13H22N4O3S2. The molecule has 1 atom stereocenters. The van der Waals surface area contributed by atoms with Crippen LogP contribution in [0, 0.1) is 0 Å². The normalized spacial score (nSPS) is 22.8. The number of guanidine groups is 1. The summed E-state index contributed by atoms with van der Waals surface area (Å²) in [6.07, 6.45) is 2.11. The van der Waals surface area contributed by atoms with Crippen LogP contribution in [0.5, 0.6) is 0 Å². The van der Waals surface area contributed by atoms with E-state index in [4.69, 9.17) is 9.88 Å². The lowest BCUT2D eigenvalue weighted by molar-refractivity contribution is 0.0243. The Labute approximate surface area is 135 Å². The Morgan fingerprint density at radius 2 is 2.27 bits per heavy atom. The third kappa shape index (κ3) is 4.67. The number of nitrogens with one attached hydrogen (secondary N) is 2. The van der Waals surface area contributed by atoms with Crippen LogP contribution >= 0.6 is 11.3 Å². The summed E-state index contributed by atoms with van der Waals surface area (Å²) in [5.41, 5.74) is -0.151. The van der Waals surface area contributed by atoms with Crippen LogP contribution in [0.15, 0.2) is 21.3 Å². The van der Waals surface area contributed by atoms with Crippen LogP contribution in [0.2, 0.25) is 0 Å². The second-order valence-corrected chi connectivity index (χ2v) is 8.40. The largest absolute Gasteiger partial charge is 0.373 e. The zero-order valence-electron chi connectivity index (χ0n) is 12.8. The molecule has 1 aliphatic heterocycles. The van der Waals surface area contributed by atoms with E-state index < -0.39 is 10.0 Å². The zero-order chi connectivity index (χ0) is 16.2. The number of primary sulfonamides is 1. The van der Waals surface area contributed by atoms with Crippen molar-refractivity contribution in [2.24, 2.45) is 10.1 Å². The molecule has 0 spiro atoms. The molecule has 124 valence electrons. The lowest BCUT2D eigenvalue weighted by atomic mass is 10.0. The number of thiophene rings is 1. The minimum atomic E-state index is -3.63. The molecule has 1 fully saturated rings. The van der Waals surface area contributed by atoms with Gasteiger partial charge in [-0.3, -0.25) is 4.99 Å². The monoisotopic (exact) mass is 346 g/mol. The molecule has 1 saturated heterocycles. The third-order valence-corrected chi connectivity index (χ3v) is 6.03. The number of nitrogens with zero attached hydrogens (tertiary/aromatic N) is 1. The SMILES string of the molecule is CN=C(NCc1ccc(S(N)(=O)=O)s1)NCC1(C)CCCO1. The highest BCUT2D eigenvalue weighted by Crippen LogP contribution is 2.24. The summed E-state index contributed by atoms with van der Waals surface area (Å²) in [5, 5.41) is 11.5. The first kappa shape index (κ1) is 17.2. The van der Waals surface area contributed by atoms with Gasteiger partial charge in [0.25, 0.3) is 0 Å². The number of ether oxygens (including phenoxy) is 1. The fraction of sp³-hybridized carbons (Fsp3) is 0.615. The summed E-state index contributed by atoms with van der Waals surface area (Å²) in [6, 6.07) is 3.26. The topological polar surface area (TPSA) is 106 Å². The van der Waals surface area contributed by atoms with Crippen molar-refractivity contribution in [3.8, 4) is 0 Å². The highest BCUT2D eigenvalue weighted by Gasteiger charge is 2.29. The Hall–Kier alpha value is -1.16. The van der Waals surface area contributed by atoms with Crippen molar-refractivity contribution >= 4 is 27.3 Å². The van der Waals surface area contributed by atoms with E-state index in [1.807, 2.05) is 0 Å². The molecule has 0 radical (unpaired) electrons. The highest BCUT2D eigenvalue weighted by atomic mass is 32.2. The van der Waals surface area contributed by atoms with E-state index >= 15 is 0 Å². The Morgan fingerprint density at radius 3 is 2.82 bits per heavy atom. The van der Waals surface area contributed by atoms with Gasteiger partial charge in [-0.15, -0.1) is 11.3 Å². The smallest absolute Gasteiger partial charge is 0.247 e. The highest BCUT2D eigenvalue weighted by molar-refractivity contribution is 7.91. The van der Waals surface area contributed by atoms with Crippen LogP contribution in [-0.4, -0.2) is 40.2 Å². The quantitative estimate of drug-likeness (QED) is 0.536. The van der Waals surface area contributed by atoms with Gasteiger partial charge in [0.1, 0.15) is 4.21 Å². The number of rotatable bonds is 5. The number of hydrogen-bond acceptors (Lipinski definition) is 5. The molecule has 0 aromatic carbocycles. The van der Waals surface area contributed by atoms with Crippen LogP contribution in [0.4, 0.5) is 0 Å². The Bertz CT molecular complexity index is 633. The fourth-order valence-electron chi connectivity index (χ4n) is 2.24. The molecule has 1 aliphatic rings. The van der Waals surface area contributed by atoms with Gasteiger partial charge in [-0.25, -0.2) is 13.6 Å². The zero-order valence-corrected chi connectivity index (χ0v) is 14.4. The molecule has 4 N–H and O–H groups in total. The molecule has 0 saturated carbocycles. The number of sulfonamides is 1. The van der Waals surface area contributed by atoms with Gasteiger partial charge in [0.2, 0.25) is 10.0 Å².